The van der Waals surface area contributed by atoms with Gasteiger partial charge < -0.3 is 10.0 Å². The molecule has 6 heteroatoms. The van der Waals surface area contributed by atoms with Crippen LogP contribution in [0.1, 0.15) is 44.2 Å². The number of hydrogen-bond acceptors (Lipinski definition) is 4. The van der Waals surface area contributed by atoms with Crippen LogP contribution in [0.25, 0.3) is 0 Å². The van der Waals surface area contributed by atoms with Gasteiger partial charge in [0.05, 0.1) is 5.69 Å². The molecule has 136 valence electrons. The van der Waals surface area contributed by atoms with Crippen LogP contribution in [-0.2, 0) is 16.1 Å². The van der Waals surface area contributed by atoms with Crippen molar-refractivity contribution in [2.45, 2.75) is 45.1 Å². The standard InChI is InChI=1S/C19H27N3O3/c23-17(19(18(24)25)8-4-1-2-5-9-19)22-13-11-21(12-14-22)15-16-7-3-6-10-20-16/h3,6-7,10H,1-2,4-5,8-9,11-15H2,(H,24,25). The van der Waals surface area contributed by atoms with E-state index in [1.165, 1.54) is 0 Å². The molecule has 2 aliphatic rings. The molecule has 0 bridgehead atoms. The van der Waals surface area contributed by atoms with E-state index in [-0.39, 0.29) is 5.91 Å². The molecule has 1 aliphatic carbocycles. The van der Waals surface area contributed by atoms with E-state index in [9.17, 15) is 14.7 Å². The summed E-state index contributed by atoms with van der Waals surface area (Å²) < 4.78 is 0. The summed E-state index contributed by atoms with van der Waals surface area (Å²) in [7, 11) is 0. The number of hydrogen-bond donors (Lipinski definition) is 1. The Morgan fingerprint density at radius 2 is 1.72 bits per heavy atom. The molecule has 1 aromatic heterocycles. The molecule has 25 heavy (non-hydrogen) atoms. The molecule has 0 unspecified atom stereocenters. The number of carbonyl (C=O) groups is 2. The lowest BCUT2D eigenvalue weighted by molar-refractivity contribution is -0.163. The van der Waals surface area contributed by atoms with Crippen LogP contribution < -0.4 is 0 Å². The summed E-state index contributed by atoms with van der Waals surface area (Å²) in [6.45, 7) is 3.49. The SMILES string of the molecule is O=C(O)C1(C(=O)N2CCN(Cc3ccccn3)CC2)CCCCCC1. The van der Waals surface area contributed by atoms with Crippen LogP contribution in [0.2, 0.25) is 0 Å². The molecule has 0 radical (unpaired) electrons. The van der Waals surface area contributed by atoms with Gasteiger partial charge in [0, 0.05) is 38.9 Å². The van der Waals surface area contributed by atoms with Crippen LogP contribution in [0.3, 0.4) is 0 Å². The summed E-state index contributed by atoms with van der Waals surface area (Å²) >= 11 is 0. The van der Waals surface area contributed by atoms with Crippen LogP contribution in [-0.4, -0.2) is 57.9 Å². The van der Waals surface area contributed by atoms with E-state index in [2.05, 4.69) is 9.88 Å². The molecule has 1 aliphatic heterocycles. The highest BCUT2D eigenvalue weighted by Gasteiger charge is 2.48. The first-order chi connectivity index (χ1) is 12.1. The lowest BCUT2D eigenvalue weighted by Crippen LogP contribution is -2.55. The third kappa shape index (κ3) is 4.00. The van der Waals surface area contributed by atoms with Gasteiger partial charge in [-0.3, -0.25) is 19.5 Å². The van der Waals surface area contributed by atoms with Gasteiger partial charge in [0.1, 0.15) is 5.41 Å². The minimum absolute atomic E-state index is 0.167. The van der Waals surface area contributed by atoms with E-state index < -0.39 is 11.4 Å². The Labute approximate surface area is 148 Å². The Kier molecular flexibility index (Phi) is 5.68. The van der Waals surface area contributed by atoms with Gasteiger partial charge in [-0.05, 0) is 25.0 Å². The highest BCUT2D eigenvalue weighted by molar-refractivity contribution is 6.02. The molecule has 6 nitrogen and oxygen atoms in total. The average molecular weight is 345 g/mol. The number of pyridine rings is 1. The second-order valence-corrected chi connectivity index (χ2v) is 7.19. The Hall–Kier alpha value is -1.95. The van der Waals surface area contributed by atoms with Crippen LogP contribution in [0, 0.1) is 5.41 Å². The fraction of sp³-hybridized carbons (Fsp3) is 0.632. The zero-order chi connectivity index (χ0) is 17.7. The lowest BCUT2D eigenvalue weighted by Gasteiger charge is -2.39. The van der Waals surface area contributed by atoms with E-state index in [1.807, 2.05) is 18.2 Å². The van der Waals surface area contributed by atoms with Gasteiger partial charge >= 0.3 is 5.97 Å². The van der Waals surface area contributed by atoms with Crippen molar-refractivity contribution in [3.05, 3.63) is 30.1 Å². The summed E-state index contributed by atoms with van der Waals surface area (Å²) in [5, 5.41) is 9.80. The average Bonchev–Trinajstić information content (AvgIpc) is 2.90. The third-order valence-corrected chi connectivity index (χ3v) is 5.55. The molecule has 0 aromatic carbocycles. The van der Waals surface area contributed by atoms with Gasteiger partial charge in [-0.15, -0.1) is 0 Å². The van der Waals surface area contributed by atoms with Crippen LogP contribution in [0.4, 0.5) is 0 Å². The van der Waals surface area contributed by atoms with Gasteiger partial charge in [-0.1, -0.05) is 31.7 Å². The van der Waals surface area contributed by atoms with Crippen molar-refractivity contribution in [2.24, 2.45) is 5.41 Å². The molecule has 1 aromatic rings. The highest BCUT2D eigenvalue weighted by Crippen LogP contribution is 2.37. The first kappa shape index (κ1) is 17.9. The summed E-state index contributed by atoms with van der Waals surface area (Å²) in [6, 6.07) is 5.88. The zero-order valence-corrected chi connectivity index (χ0v) is 14.7. The van der Waals surface area contributed by atoms with E-state index >= 15 is 0 Å². The lowest BCUT2D eigenvalue weighted by atomic mass is 9.78. The third-order valence-electron chi connectivity index (χ3n) is 5.55. The normalized spacial score (nSPS) is 21.5. The van der Waals surface area contributed by atoms with Crippen LogP contribution in [0.15, 0.2) is 24.4 Å². The molecule has 3 rings (SSSR count). The minimum atomic E-state index is -1.19. The number of amides is 1. The smallest absolute Gasteiger partial charge is 0.319 e. The Bertz CT molecular complexity index is 589. The predicted octanol–water partition coefficient (Wildman–Crippen LogP) is 2.15. The van der Waals surface area contributed by atoms with Gasteiger partial charge in [-0.2, -0.15) is 0 Å². The number of nitrogens with zero attached hydrogens (tertiary/aromatic N) is 3. The number of piperazine rings is 1. The Morgan fingerprint density at radius 1 is 1.04 bits per heavy atom. The number of rotatable bonds is 4. The number of carbonyl (C=O) groups excluding carboxylic acids is 1. The van der Waals surface area contributed by atoms with Crippen molar-refractivity contribution < 1.29 is 14.7 Å². The fourth-order valence-corrected chi connectivity index (χ4v) is 3.98. The maximum Gasteiger partial charge on any atom is 0.319 e. The molecular formula is C19H27N3O3. The topological polar surface area (TPSA) is 73.7 Å². The molecular weight excluding hydrogens is 318 g/mol. The molecule has 1 amide bonds. The van der Waals surface area contributed by atoms with Crippen LogP contribution >= 0.6 is 0 Å². The van der Waals surface area contributed by atoms with Crippen molar-refractivity contribution in [3.63, 3.8) is 0 Å². The monoisotopic (exact) mass is 345 g/mol. The molecule has 0 atom stereocenters. The summed E-state index contributed by atoms with van der Waals surface area (Å²) in [4.78, 5) is 33.4. The first-order valence-corrected chi connectivity index (χ1v) is 9.27. The maximum atomic E-state index is 13.0. The van der Waals surface area contributed by atoms with Crippen LogP contribution in [0.5, 0.6) is 0 Å². The second kappa shape index (κ2) is 7.95. The van der Waals surface area contributed by atoms with Crippen molar-refractivity contribution in [1.82, 2.24) is 14.8 Å². The van der Waals surface area contributed by atoms with Crippen molar-refractivity contribution in [2.75, 3.05) is 26.2 Å². The predicted molar refractivity (Wildman–Crippen MR) is 93.9 cm³/mol. The molecule has 1 saturated carbocycles. The summed E-state index contributed by atoms with van der Waals surface area (Å²) in [5.74, 6) is -1.10. The maximum absolute atomic E-state index is 13.0. The van der Waals surface area contributed by atoms with E-state index in [1.54, 1.807) is 11.1 Å². The number of aromatic nitrogens is 1. The molecule has 0 spiro atoms. The second-order valence-electron chi connectivity index (χ2n) is 7.19. The quantitative estimate of drug-likeness (QED) is 0.669. The Balaban J connectivity index is 1.61. The molecule has 1 N–H and O–H groups in total. The largest absolute Gasteiger partial charge is 0.480 e. The Morgan fingerprint density at radius 3 is 2.28 bits per heavy atom. The van der Waals surface area contributed by atoms with Crippen molar-refractivity contribution in [1.29, 1.82) is 0 Å². The van der Waals surface area contributed by atoms with E-state index in [0.29, 0.717) is 25.9 Å². The molecule has 2 heterocycles. The highest BCUT2D eigenvalue weighted by atomic mass is 16.4. The van der Waals surface area contributed by atoms with Crippen molar-refractivity contribution >= 4 is 11.9 Å². The number of carboxylic acids is 1. The van der Waals surface area contributed by atoms with E-state index in [4.69, 9.17) is 0 Å². The fourth-order valence-electron chi connectivity index (χ4n) is 3.98. The summed E-state index contributed by atoms with van der Waals surface area (Å²) in [6.07, 6.45) is 6.47. The van der Waals surface area contributed by atoms with Gasteiger partial charge in [0.25, 0.3) is 0 Å². The first-order valence-electron chi connectivity index (χ1n) is 9.27. The van der Waals surface area contributed by atoms with Gasteiger partial charge in [0.2, 0.25) is 5.91 Å². The minimum Gasteiger partial charge on any atom is -0.480 e. The summed E-state index contributed by atoms with van der Waals surface area (Å²) in [5.41, 5.74) is -0.173. The zero-order valence-electron chi connectivity index (χ0n) is 14.7. The van der Waals surface area contributed by atoms with Gasteiger partial charge in [0.15, 0.2) is 0 Å². The number of carboxylic acid groups (broad SMARTS) is 1. The van der Waals surface area contributed by atoms with Gasteiger partial charge in [-0.25, -0.2) is 0 Å². The van der Waals surface area contributed by atoms with E-state index in [0.717, 1.165) is 51.0 Å². The molecule has 2 fully saturated rings. The number of aliphatic carboxylic acids is 1. The van der Waals surface area contributed by atoms with Crippen molar-refractivity contribution in [3.8, 4) is 0 Å². The molecule has 1 saturated heterocycles.